The lowest BCUT2D eigenvalue weighted by Gasteiger charge is -2.13. The Bertz CT molecular complexity index is 1320. The molecule has 2 aromatic heterocycles. The summed E-state index contributed by atoms with van der Waals surface area (Å²) in [6, 6.07) is 15.8. The number of nitrogens with one attached hydrogen (secondary N) is 1. The van der Waals surface area contributed by atoms with Crippen molar-refractivity contribution in [2.45, 2.75) is 6.42 Å². The monoisotopic (exact) mass is 449 g/mol. The minimum absolute atomic E-state index is 0.0788. The van der Waals surface area contributed by atoms with Crippen molar-refractivity contribution in [3.63, 3.8) is 0 Å². The zero-order valence-corrected chi connectivity index (χ0v) is 18.0. The van der Waals surface area contributed by atoms with Gasteiger partial charge in [0, 0.05) is 36.2 Å². The number of hydrogen-bond donors (Lipinski definition) is 3. The molecule has 0 unspecified atom stereocenters. The van der Waals surface area contributed by atoms with E-state index in [0.29, 0.717) is 17.4 Å². The summed E-state index contributed by atoms with van der Waals surface area (Å²) in [6.07, 6.45) is 4.84. The fourth-order valence-corrected chi connectivity index (χ4v) is 3.92. The van der Waals surface area contributed by atoms with Crippen molar-refractivity contribution in [1.82, 2.24) is 19.7 Å². The average Bonchev–Trinajstić information content (AvgIpc) is 3.29. The van der Waals surface area contributed by atoms with Crippen molar-refractivity contribution >= 4 is 24.3 Å². The number of benzene rings is 2. The molecule has 9 nitrogen and oxygen atoms in total. The summed E-state index contributed by atoms with van der Waals surface area (Å²) in [7, 11) is -3.37. The van der Waals surface area contributed by atoms with Crippen molar-refractivity contribution in [1.29, 1.82) is 0 Å². The maximum atomic E-state index is 12.8. The summed E-state index contributed by atoms with van der Waals surface area (Å²) in [5, 5.41) is 17.4. The number of carbonyl (C=O) groups excluding carboxylic acids is 1. The van der Waals surface area contributed by atoms with Crippen LogP contribution in [-0.2, 0) is 11.0 Å². The molecule has 0 saturated carbocycles. The summed E-state index contributed by atoms with van der Waals surface area (Å²) in [4.78, 5) is 30.6. The molecule has 2 heterocycles. The van der Waals surface area contributed by atoms with Gasteiger partial charge in [-0.2, -0.15) is 10.1 Å². The second-order valence-corrected chi connectivity index (χ2v) is 9.47. The molecule has 0 aliphatic carbocycles. The zero-order valence-electron chi connectivity index (χ0n) is 17.1. The van der Waals surface area contributed by atoms with Crippen LogP contribution in [0.5, 0.6) is 5.88 Å². The van der Waals surface area contributed by atoms with Gasteiger partial charge in [0.2, 0.25) is 13.2 Å². The van der Waals surface area contributed by atoms with E-state index >= 15 is 0 Å². The quantitative estimate of drug-likeness (QED) is 0.386. The molecule has 1 amide bonds. The average molecular weight is 449 g/mol. The first-order chi connectivity index (χ1) is 15.3. The Kier molecular flexibility index (Phi) is 5.85. The minimum Gasteiger partial charge on any atom is -0.493 e. The summed E-state index contributed by atoms with van der Waals surface area (Å²) < 4.78 is 13.3. The van der Waals surface area contributed by atoms with Crippen LogP contribution in [0.25, 0.3) is 5.95 Å². The predicted molar refractivity (Wildman–Crippen MR) is 120 cm³/mol. The second kappa shape index (κ2) is 8.74. The van der Waals surface area contributed by atoms with E-state index in [2.05, 4.69) is 20.4 Å². The van der Waals surface area contributed by atoms with Crippen molar-refractivity contribution in [3.8, 4) is 11.8 Å². The first-order valence-electron chi connectivity index (χ1n) is 9.66. The van der Waals surface area contributed by atoms with Gasteiger partial charge in [-0.3, -0.25) is 9.36 Å². The minimum atomic E-state index is -3.37. The number of carbonyl (C=O) groups is 1. The first kappa shape index (κ1) is 21.4. The number of rotatable bonds is 6. The molecule has 0 radical (unpaired) electrons. The van der Waals surface area contributed by atoms with Crippen LogP contribution >= 0.6 is 7.37 Å². The Hall–Kier alpha value is -3.81. The van der Waals surface area contributed by atoms with Gasteiger partial charge in [0.1, 0.15) is 5.56 Å². The SMILES string of the molecule is C[P@@](=O)(O)c1cccc(Cc2ccccc2NC(=O)c2cnc(-n3cccn3)nc2O)c1. The van der Waals surface area contributed by atoms with Gasteiger partial charge in [-0.1, -0.05) is 30.3 Å². The smallest absolute Gasteiger partial charge is 0.262 e. The normalized spacial score (nSPS) is 12.8. The number of hydrogen-bond acceptors (Lipinski definition) is 6. The van der Waals surface area contributed by atoms with Gasteiger partial charge < -0.3 is 15.3 Å². The third-order valence-electron chi connectivity index (χ3n) is 4.76. The van der Waals surface area contributed by atoms with Crippen molar-refractivity contribution in [2.24, 2.45) is 0 Å². The highest BCUT2D eigenvalue weighted by molar-refractivity contribution is 7.65. The molecule has 0 bridgehead atoms. The molecule has 4 aromatic rings. The Morgan fingerprint density at radius 1 is 1.16 bits per heavy atom. The highest BCUT2D eigenvalue weighted by atomic mass is 31.2. The molecule has 3 N–H and O–H groups in total. The standard InChI is InChI=1S/C22H20N5O4P/c1-32(30,31)17-8-4-6-15(13-17)12-16-7-2-3-9-19(16)25-20(28)18-14-23-22(26-21(18)29)27-11-5-10-24-27/h2-11,13-14H,12H2,1H3,(H,25,28)(H,30,31)(H,23,26,29). The van der Waals surface area contributed by atoms with E-state index in [4.69, 9.17) is 0 Å². The van der Waals surface area contributed by atoms with Crippen molar-refractivity contribution in [2.75, 3.05) is 12.0 Å². The lowest BCUT2D eigenvalue weighted by Crippen LogP contribution is -2.15. The molecule has 1 atom stereocenters. The van der Waals surface area contributed by atoms with E-state index < -0.39 is 19.2 Å². The number of nitrogens with zero attached hydrogens (tertiary/aromatic N) is 4. The Labute approximate surface area is 183 Å². The van der Waals surface area contributed by atoms with Crippen molar-refractivity contribution < 1.29 is 19.4 Å². The molecule has 0 saturated heterocycles. The fraction of sp³-hybridized carbons (Fsp3) is 0.0909. The van der Waals surface area contributed by atoms with E-state index in [1.54, 1.807) is 48.8 Å². The highest BCUT2D eigenvalue weighted by Gasteiger charge is 2.17. The van der Waals surface area contributed by atoms with E-state index in [1.807, 2.05) is 18.2 Å². The van der Waals surface area contributed by atoms with Gasteiger partial charge in [-0.15, -0.1) is 0 Å². The molecular formula is C22H20N5O4P. The molecule has 0 spiro atoms. The van der Waals surface area contributed by atoms with E-state index in [9.17, 15) is 19.4 Å². The fourth-order valence-electron chi connectivity index (χ4n) is 3.15. The third kappa shape index (κ3) is 4.74. The molecule has 0 aliphatic heterocycles. The lowest BCUT2D eigenvalue weighted by atomic mass is 10.0. The van der Waals surface area contributed by atoms with E-state index in [-0.39, 0.29) is 11.5 Å². The number of para-hydroxylation sites is 1. The van der Waals surface area contributed by atoms with Crippen LogP contribution in [0.15, 0.2) is 73.2 Å². The number of amides is 1. The topological polar surface area (TPSA) is 130 Å². The van der Waals surface area contributed by atoms with Gasteiger partial charge in [0.05, 0.1) is 0 Å². The molecule has 0 aliphatic rings. The summed E-state index contributed by atoms with van der Waals surface area (Å²) in [6.45, 7) is 1.30. The molecule has 2 aromatic carbocycles. The maximum absolute atomic E-state index is 12.8. The van der Waals surface area contributed by atoms with Crippen LogP contribution in [0.4, 0.5) is 5.69 Å². The zero-order chi connectivity index (χ0) is 22.7. The van der Waals surface area contributed by atoms with Gasteiger partial charge >= 0.3 is 0 Å². The summed E-state index contributed by atoms with van der Waals surface area (Å²) >= 11 is 0. The van der Waals surface area contributed by atoms with Crippen LogP contribution in [0.2, 0.25) is 0 Å². The Morgan fingerprint density at radius 3 is 2.69 bits per heavy atom. The van der Waals surface area contributed by atoms with Crippen LogP contribution < -0.4 is 10.6 Å². The van der Waals surface area contributed by atoms with Crippen LogP contribution in [0, 0.1) is 0 Å². The molecule has 162 valence electrons. The number of aromatic nitrogens is 4. The maximum Gasteiger partial charge on any atom is 0.262 e. The van der Waals surface area contributed by atoms with Gasteiger partial charge in [-0.05, 0) is 41.8 Å². The predicted octanol–water partition coefficient (Wildman–Crippen LogP) is 2.74. The Balaban J connectivity index is 1.56. The molecule has 32 heavy (non-hydrogen) atoms. The third-order valence-corrected chi connectivity index (χ3v) is 6.00. The summed E-state index contributed by atoms with van der Waals surface area (Å²) in [5.41, 5.74) is 2.09. The molecule has 10 heteroatoms. The van der Waals surface area contributed by atoms with Crippen molar-refractivity contribution in [3.05, 3.63) is 89.9 Å². The number of aromatic hydroxyl groups is 1. The summed E-state index contributed by atoms with van der Waals surface area (Å²) in [5.74, 6) is -0.889. The largest absolute Gasteiger partial charge is 0.493 e. The van der Waals surface area contributed by atoms with Gasteiger partial charge in [-0.25, -0.2) is 9.67 Å². The van der Waals surface area contributed by atoms with Gasteiger partial charge in [0.25, 0.3) is 11.9 Å². The molecule has 0 fully saturated rings. The van der Waals surface area contributed by atoms with E-state index in [0.717, 1.165) is 11.1 Å². The van der Waals surface area contributed by atoms with Crippen LogP contribution in [-0.4, -0.2) is 42.3 Å². The van der Waals surface area contributed by atoms with Crippen LogP contribution in [0.1, 0.15) is 21.5 Å². The molecular weight excluding hydrogens is 429 g/mol. The highest BCUT2D eigenvalue weighted by Crippen LogP contribution is 2.34. The Morgan fingerprint density at radius 2 is 1.97 bits per heavy atom. The first-order valence-corrected chi connectivity index (χ1v) is 11.8. The van der Waals surface area contributed by atoms with Crippen LogP contribution in [0.3, 0.4) is 0 Å². The molecule has 4 rings (SSSR count). The van der Waals surface area contributed by atoms with E-state index in [1.165, 1.54) is 17.5 Å². The van der Waals surface area contributed by atoms with Gasteiger partial charge in [0.15, 0.2) is 0 Å². The second-order valence-electron chi connectivity index (χ2n) is 7.19. The number of anilines is 1. The lowest BCUT2D eigenvalue weighted by molar-refractivity contribution is 0.102.